The highest BCUT2D eigenvalue weighted by Gasteiger charge is 2.13. The first-order valence-electron chi connectivity index (χ1n) is 11.3. The summed E-state index contributed by atoms with van der Waals surface area (Å²) in [6, 6.07) is 15.2. The molecule has 2 aromatic rings. The van der Waals surface area contributed by atoms with Crippen molar-refractivity contribution < 1.29 is 9.47 Å². The minimum Gasteiger partial charge on any atom is -0.486 e. The van der Waals surface area contributed by atoms with Gasteiger partial charge in [0.1, 0.15) is 13.2 Å². The maximum absolute atomic E-state index is 5.53. The van der Waals surface area contributed by atoms with Crippen LogP contribution in [0.1, 0.15) is 84.4 Å². The zero-order valence-corrected chi connectivity index (χ0v) is 20.0. The summed E-state index contributed by atoms with van der Waals surface area (Å²) in [5.74, 6) is 2.36. The van der Waals surface area contributed by atoms with Gasteiger partial charge in [0.2, 0.25) is 0 Å². The van der Waals surface area contributed by atoms with Crippen LogP contribution in [0.25, 0.3) is 0 Å². The smallest absolute Gasteiger partial charge is 0.161 e. The molecule has 0 aromatic heterocycles. The fraction of sp³-hybridized carbons (Fsp3) is 0.556. The second-order valence-corrected chi connectivity index (χ2v) is 8.62. The number of hydrogen-bond donors (Lipinski definition) is 0. The predicted molar refractivity (Wildman–Crippen MR) is 126 cm³/mol. The van der Waals surface area contributed by atoms with Crippen molar-refractivity contribution in [3.8, 4) is 11.5 Å². The summed E-state index contributed by atoms with van der Waals surface area (Å²) in [6.07, 6.45) is 3.45. The lowest BCUT2D eigenvalue weighted by atomic mass is 9.88. The molecule has 1 atom stereocenters. The first-order valence-corrected chi connectivity index (χ1v) is 11.3. The standard InChI is InChI=1S/C13H20.C12H16O2.C2H6/c1-5-11-6-8-12(9-7-11)10-13(2,3)4;1-3-9(2)10-4-5-11-12(8-10)14-7-6-13-11;1-2/h6-9H,5,10H2,1-4H3;4-5,8-9H,3,6-7H2,1-2H3;1-2H3. The summed E-state index contributed by atoms with van der Waals surface area (Å²) >= 11 is 0. The first kappa shape index (κ1) is 25.1. The monoisotopic (exact) mass is 398 g/mol. The molecule has 29 heavy (non-hydrogen) atoms. The zero-order valence-electron chi connectivity index (χ0n) is 20.0. The molecule has 0 amide bonds. The van der Waals surface area contributed by atoms with Crippen LogP contribution in [0.2, 0.25) is 0 Å². The SMILES string of the molecule is CC.CCC(C)c1ccc2c(c1)OCCO2.CCc1ccc(CC(C)(C)C)cc1. The summed E-state index contributed by atoms with van der Waals surface area (Å²) in [7, 11) is 0. The van der Waals surface area contributed by atoms with Crippen molar-refractivity contribution in [2.24, 2.45) is 5.41 Å². The van der Waals surface area contributed by atoms with Crippen molar-refractivity contribution in [2.75, 3.05) is 13.2 Å². The second kappa shape index (κ2) is 12.6. The molecule has 2 heteroatoms. The highest BCUT2D eigenvalue weighted by molar-refractivity contribution is 5.44. The Balaban J connectivity index is 0.000000268. The van der Waals surface area contributed by atoms with Gasteiger partial charge in [0.05, 0.1) is 0 Å². The third kappa shape index (κ3) is 8.94. The lowest BCUT2D eigenvalue weighted by Crippen LogP contribution is -2.15. The zero-order chi connectivity index (χ0) is 21.9. The molecule has 0 radical (unpaired) electrons. The van der Waals surface area contributed by atoms with Crippen molar-refractivity contribution in [1.29, 1.82) is 0 Å². The van der Waals surface area contributed by atoms with E-state index in [1.807, 2.05) is 19.9 Å². The summed E-state index contributed by atoms with van der Waals surface area (Å²) < 4.78 is 11.0. The Kier molecular flexibility index (Phi) is 10.9. The fourth-order valence-corrected chi connectivity index (χ4v) is 3.11. The van der Waals surface area contributed by atoms with Gasteiger partial charge in [-0.1, -0.05) is 85.7 Å². The molecule has 3 rings (SSSR count). The van der Waals surface area contributed by atoms with Gasteiger partial charge < -0.3 is 9.47 Å². The maximum atomic E-state index is 5.53. The average molecular weight is 399 g/mol. The Morgan fingerprint density at radius 3 is 1.90 bits per heavy atom. The number of hydrogen-bond acceptors (Lipinski definition) is 2. The second-order valence-electron chi connectivity index (χ2n) is 8.62. The maximum Gasteiger partial charge on any atom is 0.161 e. The van der Waals surface area contributed by atoms with Crippen LogP contribution in [0.4, 0.5) is 0 Å². The van der Waals surface area contributed by atoms with E-state index in [2.05, 4.69) is 77.9 Å². The van der Waals surface area contributed by atoms with Gasteiger partial charge in [0.25, 0.3) is 0 Å². The Morgan fingerprint density at radius 2 is 1.38 bits per heavy atom. The summed E-state index contributed by atoms with van der Waals surface area (Å²) in [5, 5.41) is 0. The molecule has 2 aromatic carbocycles. The Morgan fingerprint density at radius 1 is 0.828 bits per heavy atom. The van der Waals surface area contributed by atoms with E-state index in [0.29, 0.717) is 24.5 Å². The van der Waals surface area contributed by atoms with Crippen LogP contribution < -0.4 is 9.47 Å². The van der Waals surface area contributed by atoms with Crippen LogP contribution in [0.5, 0.6) is 11.5 Å². The lowest BCUT2D eigenvalue weighted by Gasteiger charge is -2.20. The Labute approximate surface area is 179 Å². The van der Waals surface area contributed by atoms with Gasteiger partial charge in [-0.05, 0) is 59.4 Å². The summed E-state index contributed by atoms with van der Waals surface area (Å²) in [5.41, 5.74) is 4.60. The molecule has 1 aliphatic rings. The summed E-state index contributed by atoms with van der Waals surface area (Å²) in [4.78, 5) is 0. The van der Waals surface area contributed by atoms with Crippen LogP contribution in [0.15, 0.2) is 42.5 Å². The largest absolute Gasteiger partial charge is 0.486 e. The van der Waals surface area contributed by atoms with E-state index in [0.717, 1.165) is 30.8 Å². The molecule has 0 N–H and O–H groups in total. The fourth-order valence-electron chi connectivity index (χ4n) is 3.11. The highest BCUT2D eigenvalue weighted by Crippen LogP contribution is 2.33. The first-order chi connectivity index (χ1) is 13.8. The summed E-state index contributed by atoms with van der Waals surface area (Å²) in [6.45, 7) is 18.8. The van der Waals surface area contributed by atoms with E-state index in [-0.39, 0.29) is 0 Å². The van der Waals surface area contributed by atoms with Crippen LogP contribution >= 0.6 is 0 Å². The van der Waals surface area contributed by atoms with Gasteiger partial charge in [0.15, 0.2) is 11.5 Å². The van der Waals surface area contributed by atoms with Crippen molar-refractivity contribution in [3.05, 3.63) is 59.2 Å². The van der Waals surface area contributed by atoms with Crippen molar-refractivity contribution in [1.82, 2.24) is 0 Å². The Hall–Kier alpha value is -1.96. The van der Waals surface area contributed by atoms with Gasteiger partial charge in [0, 0.05) is 0 Å². The van der Waals surface area contributed by atoms with Crippen LogP contribution in [0, 0.1) is 5.41 Å². The number of ether oxygens (including phenoxy) is 2. The minimum atomic E-state index is 0.397. The molecule has 1 aliphatic heterocycles. The van der Waals surface area contributed by atoms with E-state index < -0.39 is 0 Å². The normalized spacial score (nSPS) is 13.4. The molecule has 0 spiro atoms. The molecular weight excluding hydrogens is 356 g/mol. The molecule has 1 heterocycles. The molecule has 2 nitrogen and oxygen atoms in total. The quantitative estimate of drug-likeness (QED) is 0.522. The van der Waals surface area contributed by atoms with Gasteiger partial charge in [-0.25, -0.2) is 0 Å². The van der Waals surface area contributed by atoms with Crippen molar-refractivity contribution in [2.45, 2.75) is 80.6 Å². The molecule has 162 valence electrons. The molecule has 0 saturated heterocycles. The topological polar surface area (TPSA) is 18.5 Å². The molecular formula is C27H42O2. The van der Waals surface area contributed by atoms with Gasteiger partial charge in [-0.3, -0.25) is 0 Å². The van der Waals surface area contributed by atoms with E-state index in [1.54, 1.807) is 0 Å². The van der Waals surface area contributed by atoms with Crippen LogP contribution in [-0.4, -0.2) is 13.2 Å². The van der Waals surface area contributed by atoms with E-state index >= 15 is 0 Å². The van der Waals surface area contributed by atoms with Crippen LogP contribution in [0.3, 0.4) is 0 Å². The lowest BCUT2D eigenvalue weighted by molar-refractivity contribution is 0.171. The Bertz CT molecular complexity index is 695. The van der Waals surface area contributed by atoms with E-state index in [4.69, 9.17) is 9.47 Å². The van der Waals surface area contributed by atoms with Crippen molar-refractivity contribution >= 4 is 0 Å². The van der Waals surface area contributed by atoms with Gasteiger partial charge >= 0.3 is 0 Å². The van der Waals surface area contributed by atoms with Crippen molar-refractivity contribution in [3.63, 3.8) is 0 Å². The van der Waals surface area contributed by atoms with Gasteiger partial charge in [-0.2, -0.15) is 0 Å². The molecule has 0 fully saturated rings. The third-order valence-corrected chi connectivity index (χ3v) is 4.91. The van der Waals surface area contributed by atoms with Crippen LogP contribution in [-0.2, 0) is 12.8 Å². The predicted octanol–water partition coefficient (Wildman–Crippen LogP) is 7.84. The average Bonchev–Trinajstić information content (AvgIpc) is 2.74. The molecule has 0 saturated carbocycles. The molecule has 1 unspecified atom stereocenters. The van der Waals surface area contributed by atoms with E-state index in [9.17, 15) is 0 Å². The number of rotatable bonds is 4. The minimum absolute atomic E-state index is 0.397. The van der Waals surface area contributed by atoms with E-state index in [1.165, 1.54) is 16.7 Å². The number of benzene rings is 2. The molecule has 0 bridgehead atoms. The number of fused-ring (bicyclic) bond motifs is 1. The molecule has 0 aliphatic carbocycles. The van der Waals surface area contributed by atoms with Gasteiger partial charge in [-0.15, -0.1) is 0 Å². The number of aryl methyl sites for hydroxylation is 1. The third-order valence-electron chi connectivity index (χ3n) is 4.91. The highest BCUT2D eigenvalue weighted by atomic mass is 16.6.